The third kappa shape index (κ3) is 2.54. The van der Waals surface area contributed by atoms with Crippen LogP contribution in [0.4, 0.5) is 0 Å². The van der Waals surface area contributed by atoms with E-state index in [0.717, 1.165) is 5.56 Å². The van der Waals surface area contributed by atoms with Gasteiger partial charge < -0.3 is 0 Å². The molecule has 0 amide bonds. The van der Waals surface area contributed by atoms with Crippen molar-refractivity contribution in [3.05, 3.63) is 29.8 Å². The Hall–Kier alpha value is -0.870. The normalized spacial score (nSPS) is 12.0. The average molecular weight is 199 g/mol. The van der Waals surface area contributed by atoms with Crippen molar-refractivity contribution in [2.75, 3.05) is 0 Å². The molecule has 0 unspecified atom stereocenters. The van der Waals surface area contributed by atoms with Gasteiger partial charge in [-0.15, -0.1) is 0 Å². The maximum atomic E-state index is 10.6. The van der Waals surface area contributed by atoms with E-state index in [0.29, 0.717) is 5.92 Å². The summed E-state index contributed by atoms with van der Waals surface area (Å²) in [6.07, 6.45) is 0. The number of rotatable bonds is 2. The van der Waals surface area contributed by atoms with Crippen LogP contribution in [-0.2, 0) is 14.7 Å². The zero-order valence-corrected chi connectivity index (χ0v) is 8.34. The first-order chi connectivity index (χ1) is 5.91. The van der Waals surface area contributed by atoms with Crippen LogP contribution in [0.2, 0.25) is 0 Å². The third-order valence-corrected chi connectivity index (χ3v) is 2.68. The number of benzene rings is 1. The predicted octanol–water partition coefficient (Wildman–Crippen LogP) is 1.93. The lowest BCUT2D eigenvalue weighted by Gasteiger charge is -2.04. The van der Waals surface area contributed by atoms with Gasteiger partial charge in [0.25, 0.3) is 0 Å². The Kier molecular flexibility index (Phi) is 2.73. The number of hydrogen-bond donors (Lipinski definition) is 0. The van der Waals surface area contributed by atoms with E-state index in [2.05, 4.69) is 0 Å². The van der Waals surface area contributed by atoms with E-state index in [1.54, 1.807) is 12.1 Å². The van der Waals surface area contributed by atoms with Gasteiger partial charge in [-0.1, -0.05) is 30.5 Å². The topological polar surface area (TPSA) is 54.0 Å². The minimum absolute atomic E-state index is 0.170. The van der Waals surface area contributed by atoms with E-state index in [4.69, 9.17) is 0 Å². The lowest BCUT2D eigenvalue weighted by molar-refractivity contribution is 0.414. The van der Waals surface area contributed by atoms with Crippen LogP contribution in [0.3, 0.4) is 0 Å². The molecular formula is C9H11O3S. The molecule has 0 N–H and O–H groups in total. The molecule has 0 atom stereocenters. The van der Waals surface area contributed by atoms with Gasteiger partial charge in [0, 0.05) is 0 Å². The second-order valence-corrected chi connectivity index (χ2v) is 4.56. The maximum absolute atomic E-state index is 10.6. The first-order valence-corrected chi connectivity index (χ1v) is 5.38. The maximum Gasteiger partial charge on any atom is 0.324 e. The molecule has 0 aliphatic carbocycles. The summed E-state index contributed by atoms with van der Waals surface area (Å²) >= 11 is 0. The summed E-state index contributed by atoms with van der Waals surface area (Å²) in [4.78, 5) is -0.170. The van der Waals surface area contributed by atoms with E-state index in [1.165, 1.54) is 12.1 Å². The van der Waals surface area contributed by atoms with Crippen LogP contribution in [-0.4, -0.2) is 8.42 Å². The fourth-order valence-corrected chi connectivity index (χ4v) is 1.49. The van der Waals surface area contributed by atoms with Crippen molar-refractivity contribution in [2.45, 2.75) is 24.7 Å². The molecule has 0 heterocycles. The van der Waals surface area contributed by atoms with Gasteiger partial charge in [0.05, 0.1) is 4.90 Å². The van der Waals surface area contributed by atoms with Gasteiger partial charge in [-0.2, -0.15) is 8.42 Å². The average Bonchev–Trinajstić information content (AvgIpc) is 2.03. The Morgan fingerprint density at radius 2 is 1.54 bits per heavy atom. The van der Waals surface area contributed by atoms with E-state index in [9.17, 15) is 13.0 Å². The largest absolute Gasteiger partial charge is 0.324 e. The Morgan fingerprint density at radius 3 is 1.85 bits per heavy atom. The molecule has 0 aliphatic rings. The monoisotopic (exact) mass is 199 g/mol. The van der Waals surface area contributed by atoms with Crippen molar-refractivity contribution in [3.8, 4) is 0 Å². The van der Waals surface area contributed by atoms with E-state index in [-0.39, 0.29) is 4.90 Å². The zero-order valence-electron chi connectivity index (χ0n) is 7.52. The third-order valence-electron chi connectivity index (χ3n) is 1.84. The molecule has 0 aromatic heterocycles. The SMILES string of the molecule is CC(C)c1ccc(S([O])(=O)=O)cc1. The highest BCUT2D eigenvalue weighted by molar-refractivity contribution is 7.85. The molecule has 0 aliphatic heterocycles. The Balaban J connectivity index is 3.08. The first kappa shape index (κ1) is 10.2. The molecule has 1 radical (unpaired) electrons. The van der Waals surface area contributed by atoms with Crippen LogP contribution in [0.5, 0.6) is 0 Å². The molecule has 0 fully saturated rings. The summed E-state index contributed by atoms with van der Waals surface area (Å²) in [7, 11) is -4.30. The highest BCUT2D eigenvalue weighted by atomic mass is 32.2. The summed E-state index contributed by atoms with van der Waals surface area (Å²) in [6.45, 7) is 4.00. The zero-order chi connectivity index (χ0) is 10.1. The summed E-state index contributed by atoms with van der Waals surface area (Å²) in [5.74, 6) is 0.336. The predicted molar refractivity (Wildman–Crippen MR) is 48.4 cm³/mol. The lowest BCUT2D eigenvalue weighted by Crippen LogP contribution is -1.96. The van der Waals surface area contributed by atoms with Crippen molar-refractivity contribution in [1.82, 2.24) is 0 Å². The van der Waals surface area contributed by atoms with E-state index in [1.807, 2.05) is 13.8 Å². The summed E-state index contributed by atoms with van der Waals surface area (Å²) in [5.41, 5.74) is 1.02. The molecule has 0 saturated carbocycles. The molecule has 0 bridgehead atoms. The van der Waals surface area contributed by atoms with Crippen LogP contribution in [0.25, 0.3) is 0 Å². The van der Waals surface area contributed by atoms with E-state index < -0.39 is 10.1 Å². The van der Waals surface area contributed by atoms with Gasteiger partial charge in [-0.25, -0.2) is 0 Å². The van der Waals surface area contributed by atoms with Crippen LogP contribution < -0.4 is 0 Å². The Morgan fingerprint density at radius 1 is 1.08 bits per heavy atom. The van der Waals surface area contributed by atoms with Crippen molar-refractivity contribution in [3.63, 3.8) is 0 Å². The second kappa shape index (κ2) is 3.47. The molecule has 0 spiro atoms. The van der Waals surface area contributed by atoms with Crippen LogP contribution in [0.1, 0.15) is 25.3 Å². The van der Waals surface area contributed by atoms with Gasteiger partial charge in [0.15, 0.2) is 0 Å². The lowest BCUT2D eigenvalue weighted by atomic mass is 10.0. The molecular weight excluding hydrogens is 188 g/mol. The molecule has 13 heavy (non-hydrogen) atoms. The van der Waals surface area contributed by atoms with Crippen molar-refractivity contribution in [1.29, 1.82) is 0 Å². The molecule has 1 aromatic carbocycles. The Bertz CT molecular complexity index is 376. The molecule has 71 valence electrons. The van der Waals surface area contributed by atoms with Crippen LogP contribution >= 0.6 is 0 Å². The first-order valence-electron chi connectivity index (χ1n) is 3.97. The van der Waals surface area contributed by atoms with Crippen molar-refractivity contribution >= 4 is 10.1 Å². The van der Waals surface area contributed by atoms with E-state index >= 15 is 0 Å². The van der Waals surface area contributed by atoms with Crippen LogP contribution in [0, 0.1) is 0 Å². The minimum Gasteiger partial charge on any atom is -0.192 e. The highest BCUT2D eigenvalue weighted by Gasteiger charge is 2.10. The summed E-state index contributed by atoms with van der Waals surface area (Å²) < 4.78 is 31.7. The molecule has 3 nitrogen and oxygen atoms in total. The van der Waals surface area contributed by atoms with Crippen molar-refractivity contribution in [2.24, 2.45) is 0 Å². The summed E-state index contributed by atoms with van der Waals surface area (Å²) in [5, 5.41) is 0. The Labute approximate surface area is 78.2 Å². The standard InChI is InChI=1S/C9H11O3S/c1-7(2)8-3-5-9(6-4-8)13(10,11)12/h3-7H,1-2H3. The molecule has 1 aromatic rings. The number of hydrogen-bond acceptors (Lipinski definition) is 2. The van der Waals surface area contributed by atoms with Gasteiger partial charge in [-0.05, 0) is 23.6 Å². The minimum atomic E-state index is -4.30. The quantitative estimate of drug-likeness (QED) is 0.730. The second-order valence-electron chi connectivity index (χ2n) is 3.18. The van der Waals surface area contributed by atoms with Crippen molar-refractivity contribution < 1.29 is 13.0 Å². The van der Waals surface area contributed by atoms with Gasteiger partial charge in [-0.3, -0.25) is 0 Å². The highest BCUT2D eigenvalue weighted by Crippen LogP contribution is 2.16. The fourth-order valence-electron chi connectivity index (χ4n) is 1.02. The molecule has 4 heteroatoms. The van der Waals surface area contributed by atoms with Crippen LogP contribution in [0.15, 0.2) is 29.2 Å². The van der Waals surface area contributed by atoms with Gasteiger partial charge in [0.2, 0.25) is 0 Å². The molecule has 1 rings (SSSR count). The van der Waals surface area contributed by atoms with Gasteiger partial charge >= 0.3 is 10.1 Å². The fraction of sp³-hybridized carbons (Fsp3) is 0.333. The van der Waals surface area contributed by atoms with Gasteiger partial charge in [0.1, 0.15) is 0 Å². The molecule has 0 saturated heterocycles. The summed E-state index contributed by atoms with van der Waals surface area (Å²) in [6, 6.07) is 6.01. The smallest absolute Gasteiger partial charge is 0.192 e.